The van der Waals surface area contributed by atoms with Crippen molar-refractivity contribution in [3.05, 3.63) is 47.5 Å². The van der Waals surface area contributed by atoms with Gasteiger partial charge in [0.15, 0.2) is 0 Å². The van der Waals surface area contributed by atoms with E-state index in [9.17, 15) is 13.2 Å². The van der Waals surface area contributed by atoms with Gasteiger partial charge in [0.2, 0.25) is 15.9 Å². The molecular weight excluding hydrogens is 442 g/mol. The van der Waals surface area contributed by atoms with Crippen molar-refractivity contribution in [3.8, 4) is 5.75 Å². The van der Waals surface area contributed by atoms with Gasteiger partial charge in [0.25, 0.3) is 0 Å². The maximum Gasteiger partial charge on any atom is 0.243 e. The standard InChI is InChI=1S/C21H26ClN3O5S/c1-14-12-25(13-15(2)30-14)31(27,28)18-7-4-16(5-8-18)24-21(26)11-23-20-10-17(29-3)6-9-19(20)22/h4-10,14-15,23H,11-13H2,1-3H3,(H,24,26). The van der Waals surface area contributed by atoms with E-state index >= 15 is 0 Å². The summed E-state index contributed by atoms with van der Waals surface area (Å²) < 4.78 is 38.0. The number of nitrogens with one attached hydrogen (secondary N) is 2. The third kappa shape index (κ3) is 5.88. The van der Waals surface area contributed by atoms with Gasteiger partial charge in [-0.3, -0.25) is 4.79 Å². The summed E-state index contributed by atoms with van der Waals surface area (Å²) in [6.45, 7) is 4.30. The summed E-state index contributed by atoms with van der Waals surface area (Å²) in [6.07, 6.45) is -0.328. The number of methoxy groups -OCH3 is 1. The number of halogens is 1. The van der Waals surface area contributed by atoms with E-state index in [0.29, 0.717) is 35.2 Å². The minimum absolute atomic E-state index is 0.0174. The summed E-state index contributed by atoms with van der Waals surface area (Å²) in [4.78, 5) is 12.4. The summed E-state index contributed by atoms with van der Waals surface area (Å²) in [6, 6.07) is 11.2. The van der Waals surface area contributed by atoms with E-state index in [1.54, 1.807) is 37.4 Å². The van der Waals surface area contributed by atoms with E-state index < -0.39 is 10.0 Å². The molecule has 1 amide bonds. The number of morpholine rings is 1. The Hall–Kier alpha value is -2.33. The quantitative estimate of drug-likeness (QED) is 0.649. The zero-order chi connectivity index (χ0) is 22.6. The summed E-state index contributed by atoms with van der Waals surface area (Å²) in [5.41, 5.74) is 1.07. The number of sulfonamides is 1. The molecule has 1 aliphatic rings. The lowest BCUT2D eigenvalue weighted by atomic mass is 10.3. The average molecular weight is 468 g/mol. The van der Waals surface area contributed by atoms with Crippen molar-refractivity contribution >= 4 is 38.9 Å². The molecule has 0 bridgehead atoms. The second kappa shape index (κ2) is 9.86. The first-order valence-electron chi connectivity index (χ1n) is 9.82. The first-order chi connectivity index (χ1) is 14.7. The van der Waals surface area contributed by atoms with E-state index in [4.69, 9.17) is 21.1 Å². The topological polar surface area (TPSA) is 97.0 Å². The molecule has 168 valence electrons. The molecule has 0 aromatic heterocycles. The van der Waals surface area contributed by atoms with Gasteiger partial charge in [-0.15, -0.1) is 0 Å². The van der Waals surface area contributed by atoms with Gasteiger partial charge in [-0.1, -0.05) is 11.6 Å². The van der Waals surface area contributed by atoms with Crippen LogP contribution in [0.3, 0.4) is 0 Å². The molecule has 2 aromatic rings. The van der Waals surface area contributed by atoms with Gasteiger partial charge in [0, 0.05) is 24.8 Å². The highest BCUT2D eigenvalue weighted by atomic mass is 35.5. The van der Waals surface area contributed by atoms with Crippen LogP contribution in [0.15, 0.2) is 47.4 Å². The summed E-state index contributed by atoms with van der Waals surface area (Å²) in [7, 11) is -2.08. The maximum absolute atomic E-state index is 12.9. The van der Waals surface area contributed by atoms with Crippen molar-refractivity contribution in [2.24, 2.45) is 0 Å². The summed E-state index contributed by atoms with van der Waals surface area (Å²) in [5.74, 6) is 0.318. The molecule has 1 heterocycles. The third-order valence-corrected chi connectivity index (χ3v) is 6.95. The molecule has 2 N–H and O–H groups in total. The fourth-order valence-corrected chi connectivity index (χ4v) is 5.11. The van der Waals surface area contributed by atoms with E-state index in [2.05, 4.69) is 10.6 Å². The third-order valence-electron chi connectivity index (χ3n) is 4.77. The summed E-state index contributed by atoms with van der Waals surface area (Å²) >= 11 is 6.12. The van der Waals surface area contributed by atoms with E-state index in [1.807, 2.05) is 13.8 Å². The minimum atomic E-state index is -3.63. The summed E-state index contributed by atoms with van der Waals surface area (Å²) in [5, 5.41) is 6.15. The smallest absolute Gasteiger partial charge is 0.243 e. The van der Waals surface area contributed by atoms with Gasteiger partial charge in [-0.25, -0.2) is 8.42 Å². The second-order valence-corrected chi connectivity index (χ2v) is 9.70. The van der Waals surface area contributed by atoms with Crippen LogP contribution in [0.25, 0.3) is 0 Å². The zero-order valence-electron chi connectivity index (χ0n) is 17.6. The fourth-order valence-electron chi connectivity index (χ4n) is 3.33. The first kappa shape index (κ1) is 23.3. The van der Waals surface area contributed by atoms with Crippen molar-refractivity contribution in [1.82, 2.24) is 4.31 Å². The molecule has 8 nitrogen and oxygen atoms in total. The average Bonchev–Trinajstić information content (AvgIpc) is 2.73. The SMILES string of the molecule is COc1ccc(Cl)c(NCC(=O)Nc2ccc(S(=O)(=O)N3CC(C)OC(C)C3)cc2)c1. The number of ether oxygens (including phenoxy) is 2. The zero-order valence-corrected chi connectivity index (χ0v) is 19.2. The molecule has 31 heavy (non-hydrogen) atoms. The normalized spacial score (nSPS) is 19.6. The Bertz CT molecular complexity index is 1020. The van der Waals surface area contributed by atoms with Crippen LogP contribution in [-0.4, -0.2) is 57.6 Å². The van der Waals surface area contributed by atoms with Crippen LogP contribution in [-0.2, 0) is 19.6 Å². The molecule has 0 spiro atoms. The lowest BCUT2D eigenvalue weighted by molar-refractivity contribution is -0.114. The molecular formula is C21H26ClN3O5S. The molecule has 0 radical (unpaired) electrons. The van der Waals surface area contributed by atoms with Gasteiger partial charge in [-0.2, -0.15) is 4.31 Å². The highest BCUT2D eigenvalue weighted by molar-refractivity contribution is 7.89. The van der Waals surface area contributed by atoms with Crippen LogP contribution in [0.1, 0.15) is 13.8 Å². The highest BCUT2D eigenvalue weighted by Gasteiger charge is 2.32. The van der Waals surface area contributed by atoms with Crippen molar-refractivity contribution in [2.75, 3.05) is 37.4 Å². The number of carbonyl (C=O) groups is 1. The van der Waals surface area contributed by atoms with Crippen molar-refractivity contribution < 1.29 is 22.7 Å². The van der Waals surface area contributed by atoms with Gasteiger partial charge in [0.1, 0.15) is 5.75 Å². The number of carbonyl (C=O) groups excluding carboxylic acids is 1. The van der Waals surface area contributed by atoms with Crippen LogP contribution in [0, 0.1) is 0 Å². The van der Waals surface area contributed by atoms with Crippen molar-refractivity contribution in [3.63, 3.8) is 0 Å². The van der Waals surface area contributed by atoms with Crippen LogP contribution < -0.4 is 15.4 Å². The van der Waals surface area contributed by atoms with Gasteiger partial charge in [-0.05, 0) is 50.2 Å². The van der Waals surface area contributed by atoms with Crippen LogP contribution in [0.2, 0.25) is 5.02 Å². The number of benzene rings is 2. The first-order valence-corrected chi connectivity index (χ1v) is 11.6. The Morgan fingerprint density at radius 1 is 1.16 bits per heavy atom. The number of anilines is 2. The van der Waals surface area contributed by atoms with Gasteiger partial charge < -0.3 is 20.1 Å². The number of hydrogen-bond donors (Lipinski definition) is 2. The van der Waals surface area contributed by atoms with E-state index in [1.165, 1.54) is 16.4 Å². The van der Waals surface area contributed by atoms with Crippen molar-refractivity contribution in [1.29, 1.82) is 0 Å². The van der Waals surface area contributed by atoms with E-state index in [-0.39, 0.29) is 29.6 Å². The lowest BCUT2D eigenvalue weighted by Gasteiger charge is -2.34. The van der Waals surface area contributed by atoms with Crippen molar-refractivity contribution in [2.45, 2.75) is 31.0 Å². The Balaban J connectivity index is 1.60. The molecule has 1 fully saturated rings. The number of amides is 1. The minimum Gasteiger partial charge on any atom is -0.497 e. The lowest BCUT2D eigenvalue weighted by Crippen LogP contribution is -2.48. The van der Waals surface area contributed by atoms with E-state index in [0.717, 1.165) is 0 Å². The number of nitrogens with zero attached hydrogens (tertiary/aromatic N) is 1. The van der Waals surface area contributed by atoms with Crippen LogP contribution in [0.5, 0.6) is 5.75 Å². The molecule has 0 saturated carbocycles. The maximum atomic E-state index is 12.9. The highest BCUT2D eigenvalue weighted by Crippen LogP contribution is 2.26. The van der Waals surface area contributed by atoms with Crippen LogP contribution >= 0.6 is 11.6 Å². The predicted molar refractivity (Wildman–Crippen MR) is 120 cm³/mol. The number of hydrogen-bond acceptors (Lipinski definition) is 6. The Kier molecular flexibility index (Phi) is 7.42. The molecule has 1 saturated heterocycles. The molecule has 10 heteroatoms. The van der Waals surface area contributed by atoms with Crippen LogP contribution in [0.4, 0.5) is 11.4 Å². The van der Waals surface area contributed by atoms with Gasteiger partial charge in [0.05, 0.1) is 41.5 Å². The predicted octanol–water partition coefficient (Wildman–Crippen LogP) is 3.20. The fraction of sp³-hybridized carbons (Fsp3) is 0.381. The molecule has 2 atom stereocenters. The second-order valence-electron chi connectivity index (χ2n) is 7.35. The largest absolute Gasteiger partial charge is 0.497 e. The molecule has 1 aliphatic heterocycles. The Morgan fingerprint density at radius 2 is 1.81 bits per heavy atom. The molecule has 2 aromatic carbocycles. The molecule has 2 unspecified atom stereocenters. The Labute approximate surface area is 187 Å². The Morgan fingerprint density at radius 3 is 2.42 bits per heavy atom. The van der Waals surface area contributed by atoms with Gasteiger partial charge >= 0.3 is 0 Å². The molecule has 3 rings (SSSR count). The molecule has 0 aliphatic carbocycles. The monoisotopic (exact) mass is 467 g/mol. The number of rotatable bonds is 7.